The molecule has 0 aliphatic carbocycles. The van der Waals surface area contributed by atoms with Crippen LogP contribution in [0.3, 0.4) is 0 Å². The number of hydrogen-bond acceptors (Lipinski definition) is 1. The van der Waals surface area contributed by atoms with E-state index in [1.807, 2.05) is 0 Å². The van der Waals surface area contributed by atoms with Gasteiger partial charge in [-0.05, 0) is 19.1 Å². The molecule has 0 spiro atoms. The molecule has 1 radical (unpaired) electrons. The minimum absolute atomic E-state index is 0.0634. The summed E-state index contributed by atoms with van der Waals surface area (Å²) in [7, 11) is 0. The number of halogens is 2. The maximum atomic E-state index is 12.6. The smallest absolute Gasteiger partial charge is 0.319 e. The molecule has 0 aliphatic rings. The van der Waals surface area contributed by atoms with Crippen molar-refractivity contribution in [3.05, 3.63) is 36.8 Å². The van der Waals surface area contributed by atoms with Gasteiger partial charge in [0.05, 0.1) is 0 Å². The molecule has 0 aliphatic heterocycles. The fourth-order valence-corrected chi connectivity index (χ4v) is 0.915. The summed E-state index contributed by atoms with van der Waals surface area (Å²) < 4.78 is 25.3. The van der Waals surface area contributed by atoms with E-state index in [0.29, 0.717) is 0 Å². The summed E-state index contributed by atoms with van der Waals surface area (Å²) in [6.07, 6.45) is 0. The Balaban J connectivity index is 2.71. The van der Waals surface area contributed by atoms with E-state index in [-0.39, 0.29) is 12.2 Å². The second kappa shape index (κ2) is 4.55. The second-order valence-corrected chi connectivity index (χ2v) is 2.54. The van der Waals surface area contributed by atoms with Crippen LogP contribution in [0.4, 0.5) is 19.3 Å². The monoisotopic (exact) mass is 199 g/mol. The molecule has 0 bridgehead atoms. The highest BCUT2D eigenvalue weighted by Gasteiger charge is 2.03. The van der Waals surface area contributed by atoms with Gasteiger partial charge < -0.3 is 10.6 Å². The molecule has 2 N–H and O–H groups in total. The van der Waals surface area contributed by atoms with Crippen molar-refractivity contribution in [1.82, 2.24) is 5.32 Å². The summed E-state index contributed by atoms with van der Waals surface area (Å²) in [5.41, 5.74) is 0.0634. The predicted octanol–water partition coefficient (Wildman–Crippen LogP) is 1.92. The van der Waals surface area contributed by atoms with E-state index in [2.05, 4.69) is 17.6 Å². The number of anilines is 1. The standard InChI is InChI=1S/C9H9F2N2O/c1-2-12-9(14)13-8-4-6(10)3-7(11)5-8/h3-5H,1-2H2,(H2,12,13,14). The quantitative estimate of drug-likeness (QED) is 0.750. The highest BCUT2D eigenvalue weighted by molar-refractivity contribution is 5.89. The molecule has 14 heavy (non-hydrogen) atoms. The van der Waals surface area contributed by atoms with Crippen LogP contribution >= 0.6 is 0 Å². The summed E-state index contributed by atoms with van der Waals surface area (Å²) in [6.45, 7) is 3.58. The lowest BCUT2D eigenvalue weighted by molar-refractivity contribution is 0.253. The average Bonchev–Trinajstić information content (AvgIpc) is 2.01. The Bertz CT molecular complexity index is 321. The van der Waals surface area contributed by atoms with Gasteiger partial charge in [0.15, 0.2) is 0 Å². The van der Waals surface area contributed by atoms with Gasteiger partial charge in [0.1, 0.15) is 11.6 Å². The zero-order valence-electron chi connectivity index (χ0n) is 7.31. The van der Waals surface area contributed by atoms with E-state index in [9.17, 15) is 13.6 Å². The Labute approximate surface area is 80.1 Å². The third-order valence-corrected chi connectivity index (χ3v) is 1.41. The minimum Gasteiger partial charge on any atom is -0.338 e. The molecule has 0 unspecified atom stereocenters. The van der Waals surface area contributed by atoms with Gasteiger partial charge in [0, 0.05) is 18.3 Å². The number of carbonyl (C=O) groups is 1. The Morgan fingerprint density at radius 1 is 1.29 bits per heavy atom. The van der Waals surface area contributed by atoms with Gasteiger partial charge in [-0.3, -0.25) is 0 Å². The number of rotatable bonds is 2. The van der Waals surface area contributed by atoms with E-state index in [4.69, 9.17) is 0 Å². The number of hydrogen-bond donors (Lipinski definition) is 2. The van der Waals surface area contributed by atoms with Crippen LogP contribution in [0.2, 0.25) is 0 Å². The first-order valence-electron chi connectivity index (χ1n) is 3.92. The molecule has 0 fully saturated rings. The fourth-order valence-electron chi connectivity index (χ4n) is 0.915. The van der Waals surface area contributed by atoms with E-state index in [0.717, 1.165) is 18.2 Å². The minimum atomic E-state index is -0.741. The molecule has 1 aromatic carbocycles. The number of urea groups is 1. The first-order valence-corrected chi connectivity index (χ1v) is 3.92. The predicted molar refractivity (Wildman–Crippen MR) is 48.7 cm³/mol. The molecular weight excluding hydrogens is 190 g/mol. The van der Waals surface area contributed by atoms with Crippen molar-refractivity contribution in [3.63, 3.8) is 0 Å². The maximum absolute atomic E-state index is 12.6. The van der Waals surface area contributed by atoms with Gasteiger partial charge in [-0.25, -0.2) is 13.6 Å². The first kappa shape index (κ1) is 10.4. The average molecular weight is 199 g/mol. The lowest BCUT2D eigenvalue weighted by atomic mass is 10.3. The number of amides is 2. The van der Waals surface area contributed by atoms with Crippen LogP contribution in [0.5, 0.6) is 0 Å². The summed E-state index contributed by atoms with van der Waals surface area (Å²) in [5.74, 6) is -1.48. The van der Waals surface area contributed by atoms with Crippen LogP contribution < -0.4 is 10.6 Å². The normalized spacial score (nSPS) is 9.64. The zero-order valence-corrected chi connectivity index (χ0v) is 7.31. The van der Waals surface area contributed by atoms with Crippen LogP contribution in [0, 0.1) is 18.6 Å². The summed E-state index contributed by atoms with van der Waals surface area (Å²) >= 11 is 0. The van der Waals surface area contributed by atoms with Crippen LogP contribution in [0.15, 0.2) is 18.2 Å². The van der Waals surface area contributed by atoms with Gasteiger partial charge in [-0.1, -0.05) is 0 Å². The second-order valence-electron chi connectivity index (χ2n) is 2.54. The Morgan fingerprint density at radius 2 is 1.86 bits per heavy atom. The highest BCUT2D eigenvalue weighted by atomic mass is 19.1. The van der Waals surface area contributed by atoms with Crippen molar-refractivity contribution in [2.75, 3.05) is 11.9 Å². The molecule has 0 saturated carbocycles. The fraction of sp³-hybridized carbons (Fsp3) is 0.111. The van der Waals surface area contributed by atoms with Gasteiger partial charge in [-0.15, -0.1) is 0 Å². The van der Waals surface area contributed by atoms with E-state index >= 15 is 0 Å². The molecule has 2 amide bonds. The molecular formula is C9H9F2N2O. The van der Waals surface area contributed by atoms with Crippen molar-refractivity contribution in [2.45, 2.75) is 0 Å². The van der Waals surface area contributed by atoms with Crippen molar-refractivity contribution < 1.29 is 13.6 Å². The van der Waals surface area contributed by atoms with Crippen LogP contribution in [0.1, 0.15) is 0 Å². The van der Waals surface area contributed by atoms with E-state index in [1.165, 1.54) is 0 Å². The first-order chi connectivity index (χ1) is 6.61. The van der Waals surface area contributed by atoms with Crippen LogP contribution in [-0.2, 0) is 0 Å². The van der Waals surface area contributed by atoms with Crippen LogP contribution in [0.25, 0.3) is 0 Å². The lowest BCUT2D eigenvalue weighted by Crippen LogP contribution is -2.28. The molecule has 0 saturated heterocycles. The Morgan fingerprint density at radius 3 is 2.36 bits per heavy atom. The molecule has 0 aromatic heterocycles. The summed E-state index contributed by atoms with van der Waals surface area (Å²) in [5, 5.41) is 4.58. The molecule has 0 heterocycles. The summed E-state index contributed by atoms with van der Waals surface area (Å²) in [6, 6.07) is 2.21. The molecule has 1 rings (SSSR count). The number of benzene rings is 1. The van der Waals surface area contributed by atoms with Crippen molar-refractivity contribution in [2.24, 2.45) is 0 Å². The van der Waals surface area contributed by atoms with Crippen molar-refractivity contribution >= 4 is 11.7 Å². The number of carbonyl (C=O) groups excluding carboxylic acids is 1. The number of nitrogens with one attached hydrogen (secondary N) is 2. The van der Waals surface area contributed by atoms with Gasteiger partial charge >= 0.3 is 6.03 Å². The van der Waals surface area contributed by atoms with E-state index < -0.39 is 17.7 Å². The van der Waals surface area contributed by atoms with E-state index in [1.54, 1.807) is 0 Å². The third kappa shape index (κ3) is 3.01. The maximum Gasteiger partial charge on any atom is 0.319 e. The molecule has 5 heteroatoms. The van der Waals surface area contributed by atoms with Crippen molar-refractivity contribution in [3.8, 4) is 0 Å². The summed E-state index contributed by atoms with van der Waals surface area (Å²) in [4.78, 5) is 10.9. The van der Waals surface area contributed by atoms with Gasteiger partial charge in [-0.2, -0.15) is 0 Å². The Kier molecular flexibility index (Phi) is 3.39. The Hall–Kier alpha value is -1.65. The van der Waals surface area contributed by atoms with Gasteiger partial charge in [0.25, 0.3) is 0 Å². The third-order valence-electron chi connectivity index (χ3n) is 1.41. The largest absolute Gasteiger partial charge is 0.338 e. The topological polar surface area (TPSA) is 41.1 Å². The van der Waals surface area contributed by atoms with Crippen LogP contribution in [-0.4, -0.2) is 12.6 Å². The SMILES string of the molecule is [CH2]CNC(=O)Nc1cc(F)cc(F)c1. The highest BCUT2D eigenvalue weighted by Crippen LogP contribution is 2.12. The van der Waals surface area contributed by atoms with Gasteiger partial charge in [0.2, 0.25) is 0 Å². The zero-order chi connectivity index (χ0) is 10.6. The van der Waals surface area contributed by atoms with Crippen molar-refractivity contribution in [1.29, 1.82) is 0 Å². The molecule has 75 valence electrons. The molecule has 1 aromatic rings. The molecule has 0 atom stereocenters. The lowest BCUT2D eigenvalue weighted by Gasteiger charge is -2.05. The molecule has 3 nitrogen and oxygen atoms in total.